The lowest BCUT2D eigenvalue weighted by Crippen LogP contribution is -2.28. The standard InChI is InChI=1S/C23H26N4O2/c1-15-7-10-18(13-16(15)2)25-22(28)14-27-20-6-4-3-5-19(20)26-21(27)11-12-24-23(29)17-8-9-17/h3-7,10,13,17H,8-9,11-12,14H2,1-2H3,(H,24,29)(H,25,28). The molecule has 3 aromatic rings. The van der Waals surface area contributed by atoms with Crippen LogP contribution >= 0.6 is 0 Å². The largest absolute Gasteiger partial charge is 0.355 e. The third kappa shape index (κ3) is 4.47. The summed E-state index contributed by atoms with van der Waals surface area (Å²) in [7, 11) is 0. The molecule has 2 N–H and O–H groups in total. The summed E-state index contributed by atoms with van der Waals surface area (Å²) in [5.41, 5.74) is 4.91. The molecule has 0 bridgehead atoms. The normalized spacial score (nSPS) is 13.4. The fraction of sp³-hybridized carbons (Fsp3) is 0.348. The Morgan fingerprint density at radius 3 is 2.66 bits per heavy atom. The number of aromatic nitrogens is 2. The van der Waals surface area contributed by atoms with E-state index < -0.39 is 0 Å². The fourth-order valence-electron chi connectivity index (χ4n) is 3.44. The van der Waals surface area contributed by atoms with Crippen LogP contribution in [0.4, 0.5) is 5.69 Å². The monoisotopic (exact) mass is 390 g/mol. The van der Waals surface area contributed by atoms with Gasteiger partial charge in [-0.1, -0.05) is 18.2 Å². The predicted octanol–water partition coefficient (Wildman–Crippen LogP) is 3.36. The van der Waals surface area contributed by atoms with Gasteiger partial charge in [0.1, 0.15) is 12.4 Å². The van der Waals surface area contributed by atoms with E-state index >= 15 is 0 Å². The van der Waals surface area contributed by atoms with Crippen molar-refractivity contribution in [1.82, 2.24) is 14.9 Å². The summed E-state index contributed by atoms with van der Waals surface area (Å²) < 4.78 is 1.94. The van der Waals surface area contributed by atoms with Crippen LogP contribution in [0.3, 0.4) is 0 Å². The molecule has 1 heterocycles. The number of hydrogen-bond acceptors (Lipinski definition) is 3. The Bertz CT molecular complexity index is 1070. The smallest absolute Gasteiger partial charge is 0.244 e. The van der Waals surface area contributed by atoms with Crippen LogP contribution < -0.4 is 10.6 Å². The highest BCUT2D eigenvalue weighted by atomic mass is 16.2. The van der Waals surface area contributed by atoms with E-state index in [4.69, 9.17) is 0 Å². The summed E-state index contributed by atoms with van der Waals surface area (Å²) in [5.74, 6) is 1.02. The van der Waals surface area contributed by atoms with Crippen molar-refractivity contribution in [3.05, 3.63) is 59.4 Å². The first kappa shape index (κ1) is 19.2. The van der Waals surface area contributed by atoms with Gasteiger partial charge in [-0.25, -0.2) is 4.98 Å². The molecule has 0 atom stereocenters. The number of imidazole rings is 1. The van der Waals surface area contributed by atoms with Crippen LogP contribution in [-0.2, 0) is 22.6 Å². The number of hydrogen-bond donors (Lipinski definition) is 2. The summed E-state index contributed by atoms with van der Waals surface area (Å²) in [6, 6.07) is 13.7. The summed E-state index contributed by atoms with van der Waals surface area (Å²) in [5, 5.41) is 5.96. The molecule has 1 fully saturated rings. The Hall–Kier alpha value is -3.15. The predicted molar refractivity (Wildman–Crippen MR) is 114 cm³/mol. The van der Waals surface area contributed by atoms with Gasteiger partial charge in [0.05, 0.1) is 11.0 Å². The highest BCUT2D eigenvalue weighted by Gasteiger charge is 2.29. The van der Waals surface area contributed by atoms with Gasteiger partial charge in [-0.15, -0.1) is 0 Å². The number of nitrogens with one attached hydrogen (secondary N) is 2. The van der Waals surface area contributed by atoms with E-state index in [-0.39, 0.29) is 24.3 Å². The van der Waals surface area contributed by atoms with Crippen molar-refractivity contribution < 1.29 is 9.59 Å². The zero-order chi connectivity index (χ0) is 20.4. The minimum absolute atomic E-state index is 0.0975. The van der Waals surface area contributed by atoms with Crippen molar-refractivity contribution in [2.45, 2.75) is 39.7 Å². The third-order valence-corrected chi connectivity index (χ3v) is 5.42. The number of amides is 2. The molecule has 1 aliphatic rings. The van der Waals surface area contributed by atoms with Crippen LogP contribution in [0.2, 0.25) is 0 Å². The quantitative estimate of drug-likeness (QED) is 0.649. The second-order valence-corrected chi connectivity index (χ2v) is 7.77. The summed E-state index contributed by atoms with van der Waals surface area (Å²) >= 11 is 0. The first-order chi connectivity index (χ1) is 14.0. The van der Waals surface area contributed by atoms with Gasteiger partial charge in [0.2, 0.25) is 11.8 Å². The molecule has 0 unspecified atom stereocenters. The molecule has 29 heavy (non-hydrogen) atoms. The van der Waals surface area contributed by atoms with E-state index in [1.54, 1.807) is 0 Å². The van der Waals surface area contributed by atoms with Gasteiger partial charge in [0, 0.05) is 24.6 Å². The number of carbonyl (C=O) groups is 2. The maximum Gasteiger partial charge on any atom is 0.244 e. The minimum atomic E-state index is -0.0975. The van der Waals surface area contributed by atoms with Crippen LogP contribution in [-0.4, -0.2) is 27.9 Å². The van der Waals surface area contributed by atoms with Crippen molar-refractivity contribution >= 4 is 28.5 Å². The van der Waals surface area contributed by atoms with Crippen molar-refractivity contribution in [3.63, 3.8) is 0 Å². The molecular formula is C23H26N4O2. The minimum Gasteiger partial charge on any atom is -0.355 e. The number of nitrogens with zero attached hydrogens (tertiary/aromatic N) is 2. The molecule has 6 nitrogen and oxygen atoms in total. The van der Waals surface area contributed by atoms with Gasteiger partial charge in [-0.2, -0.15) is 0 Å². The summed E-state index contributed by atoms with van der Waals surface area (Å²) in [6.07, 6.45) is 2.57. The number of carbonyl (C=O) groups excluding carboxylic acids is 2. The second kappa shape index (κ2) is 8.07. The molecule has 0 spiro atoms. The maximum absolute atomic E-state index is 12.7. The van der Waals surface area contributed by atoms with E-state index in [0.29, 0.717) is 13.0 Å². The van der Waals surface area contributed by atoms with Gasteiger partial charge < -0.3 is 15.2 Å². The van der Waals surface area contributed by atoms with E-state index in [1.807, 2.05) is 60.9 Å². The molecule has 6 heteroatoms. The highest BCUT2D eigenvalue weighted by Crippen LogP contribution is 2.28. The van der Waals surface area contributed by atoms with Crippen LogP contribution in [0.5, 0.6) is 0 Å². The van der Waals surface area contributed by atoms with E-state index in [9.17, 15) is 9.59 Å². The Balaban J connectivity index is 1.49. The van der Waals surface area contributed by atoms with Crippen LogP contribution in [0, 0.1) is 19.8 Å². The number of fused-ring (bicyclic) bond motifs is 1. The molecule has 1 aliphatic carbocycles. The van der Waals surface area contributed by atoms with Gasteiger partial charge in [0.15, 0.2) is 0 Å². The average molecular weight is 390 g/mol. The lowest BCUT2D eigenvalue weighted by molar-refractivity contribution is -0.122. The zero-order valence-electron chi connectivity index (χ0n) is 16.9. The van der Waals surface area contributed by atoms with Gasteiger partial charge in [-0.3, -0.25) is 9.59 Å². The number of rotatable bonds is 7. The summed E-state index contributed by atoms with van der Waals surface area (Å²) in [6.45, 7) is 4.78. The van der Waals surface area contributed by atoms with E-state index in [1.165, 1.54) is 5.56 Å². The number of benzene rings is 2. The van der Waals surface area contributed by atoms with E-state index in [0.717, 1.165) is 41.0 Å². The average Bonchev–Trinajstić information content (AvgIpc) is 3.49. The summed E-state index contributed by atoms with van der Waals surface area (Å²) in [4.78, 5) is 29.3. The van der Waals surface area contributed by atoms with Crippen molar-refractivity contribution in [3.8, 4) is 0 Å². The zero-order valence-corrected chi connectivity index (χ0v) is 16.9. The molecule has 0 radical (unpaired) electrons. The Kier molecular flexibility index (Phi) is 5.34. The molecule has 0 aliphatic heterocycles. The lowest BCUT2D eigenvalue weighted by atomic mass is 10.1. The number of para-hydroxylation sites is 2. The van der Waals surface area contributed by atoms with Crippen LogP contribution in [0.1, 0.15) is 29.8 Å². The van der Waals surface area contributed by atoms with Crippen molar-refractivity contribution in [2.75, 3.05) is 11.9 Å². The molecule has 1 aromatic heterocycles. The third-order valence-electron chi connectivity index (χ3n) is 5.42. The Labute approximate surface area is 170 Å². The molecule has 2 amide bonds. The SMILES string of the molecule is Cc1ccc(NC(=O)Cn2c(CCNC(=O)C3CC3)nc3ccccc32)cc1C. The van der Waals surface area contributed by atoms with E-state index in [2.05, 4.69) is 15.6 Å². The molecule has 2 aromatic carbocycles. The molecule has 1 saturated carbocycles. The molecule has 150 valence electrons. The Morgan fingerprint density at radius 2 is 1.90 bits per heavy atom. The molecule has 4 rings (SSSR count). The van der Waals surface area contributed by atoms with Gasteiger partial charge in [-0.05, 0) is 62.1 Å². The lowest BCUT2D eigenvalue weighted by Gasteiger charge is -2.11. The van der Waals surface area contributed by atoms with Crippen molar-refractivity contribution in [1.29, 1.82) is 0 Å². The van der Waals surface area contributed by atoms with Crippen molar-refractivity contribution in [2.24, 2.45) is 5.92 Å². The topological polar surface area (TPSA) is 76.0 Å². The maximum atomic E-state index is 12.7. The highest BCUT2D eigenvalue weighted by molar-refractivity contribution is 5.92. The fourth-order valence-corrected chi connectivity index (χ4v) is 3.44. The van der Waals surface area contributed by atoms with Gasteiger partial charge in [0.25, 0.3) is 0 Å². The van der Waals surface area contributed by atoms with Crippen LogP contribution in [0.25, 0.3) is 11.0 Å². The first-order valence-electron chi connectivity index (χ1n) is 10.1. The number of aryl methyl sites for hydroxylation is 2. The Morgan fingerprint density at radius 1 is 1.10 bits per heavy atom. The molecular weight excluding hydrogens is 364 g/mol. The molecule has 0 saturated heterocycles. The number of anilines is 1. The van der Waals surface area contributed by atoms with Crippen LogP contribution in [0.15, 0.2) is 42.5 Å². The first-order valence-corrected chi connectivity index (χ1v) is 10.1. The second-order valence-electron chi connectivity index (χ2n) is 7.77. The van der Waals surface area contributed by atoms with Gasteiger partial charge >= 0.3 is 0 Å².